The van der Waals surface area contributed by atoms with Crippen molar-refractivity contribution < 1.29 is 9.90 Å². The number of rotatable bonds is 9. The van der Waals surface area contributed by atoms with Crippen molar-refractivity contribution >= 4 is 29.1 Å². The fourth-order valence-corrected chi connectivity index (χ4v) is 5.59. The molecule has 0 aromatic heterocycles. The third-order valence-corrected chi connectivity index (χ3v) is 7.45. The lowest BCUT2D eigenvalue weighted by molar-refractivity contribution is -0.155. The summed E-state index contributed by atoms with van der Waals surface area (Å²) in [6.45, 7) is 9.92. The van der Waals surface area contributed by atoms with Crippen molar-refractivity contribution in [1.82, 2.24) is 4.90 Å². The van der Waals surface area contributed by atoms with E-state index in [-0.39, 0.29) is 23.9 Å². The minimum Gasteiger partial charge on any atom is -0.393 e. The zero-order valence-electron chi connectivity index (χ0n) is 19.8. The lowest BCUT2D eigenvalue weighted by atomic mass is 9.67. The number of carbonyl (C=O) groups excluding carboxylic acids is 1. The zero-order valence-corrected chi connectivity index (χ0v) is 21.3. The topological polar surface area (TPSA) is 40.5 Å². The van der Waals surface area contributed by atoms with Gasteiger partial charge in [0.15, 0.2) is 0 Å². The molecule has 5 heteroatoms. The summed E-state index contributed by atoms with van der Waals surface area (Å²) in [6, 6.07) is 15.7. The summed E-state index contributed by atoms with van der Waals surface area (Å²) in [5.74, 6) is 0.214. The van der Waals surface area contributed by atoms with E-state index in [1.165, 1.54) is 0 Å². The van der Waals surface area contributed by atoms with E-state index in [1.807, 2.05) is 48.5 Å². The molecule has 1 amide bonds. The second-order valence-electron chi connectivity index (χ2n) is 9.62. The van der Waals surface area contributed by atoms with Crippen LogP contribution in [0.2, 0.25) is 10.0 Å². The van der Waals surface area contributed by atoms with E-state index in [4.69, 9.17) is 23.2 Å². The fourth-order valence-electron chi connectivity index (χ4n) is 5.26. The maximum atomic E-state index is 14.1. The molecule has 178 valence electrons. The van der Waals surface area contributed by atoms with E-state index in [1.54, 1.807) is 6.92 Å². The lowest BCUT2D eigenvalue weighted by Gasteiger charge is -2.52. The first kappa shape index (κ1) is 25.8. The number of amides is 1. The number of benzene rings is 2. The molecule has 33 heavy (non-hydrogen) atoms. The van der Waals surface area contributed by atoms with Gasteiger partial charge in [-0.25, -0.2) is 0 Å². The highest BCUT2D eigenvalue weighted by molar-refractivity contribution is 6.30. The Bertz CT molecular complexity index is 959. The highest BCUT2D eigenvalue weighted by Gasteiger charge is 2.50. The smallest absolute Gasteiger partial charge is 0.229 e. The van der Waals surface area contributed by atoms with Gasteiger partial charge in [0.05, 0.1) is 17.6 Å². The number of hydrogen-bond acceptors (Lipinski definition) is 2. The quantitative estimate of drug-likeness (QED) is 0.370. The monoisotopic (exact) mass is 487 g/mol. The Morgan fingerprint density at radius 1 is 1.15 bits per heavy atom. The number of allylic oxidation sites excluding steroid dienone is 1. The van der Waals surface area contributed by atoms with Crippen LogP contribution in [-0.4, -0.2) is 28.1 Å². The van der Waals surface area contributed by atoms with Gasteiger partial charge in [-0.15, -0.1) is 6.58 Å². The first-order valence-corrected chi connectivity index (χ1v) is 12.6. The van der Waals surface area contributed by atoms with Crippen LogP contribution in [0.5, 0.6) is 0 Å². The number of hydrogen-bond donors (Lipinski definition) is 1. The van der Waals surface area contributed by atoms with E-state index in [9.17, 15) is 9.90 Å². The predicted octanol–water partition coefficient (Wildman–Crippen LogP) is 7.57. The lowest BCUT2D eigenvalue weighted by Crippen LogP contribution is -2.55. The SMILES string of the molecule is C=CC[C@@]1(C)C[C@H](c2cccc(Cl)c2)[C@@H](c2ccc(Cl)cc2)N(C(CC)CCC(C)O)C1=O. The first-order valence-electron chi connectivity index (χ1n) is 11.8. The van der Waals surface area contributed by atoms with E-state index < -0.39 is 11.5 Å². The van der Waals surface area contributed by atoms with E-state index in [0.717, 1.165) is 24.0 Å². The molecule has 1 heterocycles. The highest BCUT2D eigenvalue weighted by atomic mass is 35.5. The second-order valence-corrected chi connectivity index (χ2v) is 10.5. The largest absolute Gasteiger partial charge is 0.393 e. The minimum atomic E-state index is -0.560. The van der Waals surface area contributed by atoms with Crippen molar-refractivity contribution in [2.45, 2.75) is 77.0 Å². The van der Waals surface area contributed by atoms with Crippen LogP contribution in [0.15, 0.2) is 61.2 Å². The number of piperidine rings is 1. The molecule has 0 radical (unpaired) electrons. The van der Waals surface area contributed by atoms with Crippen LogP contribution in [0, 0.1) is 5.41 Å². The van der Waals surface area contributed by atoms with Crippen LogP contribution in [0.1, 0.15) is 76.0 Å². The molecule has 2 aromatic carbocycles. The summed E-state index contributed by atoms with van der Waals surface area (Å²) in [5, 5.41) is 11.3. The molecule has 2 aromatic rings. The van der Waals surface area contributed by atoms with Gasteiger partial charge in [-0.2, -0.15) is 0 Å². The third kappa shape index (κ3) is 5.82. The Labute approximate surface area is 208 Å². The van der Waals surface area contributed by atoms with Gasteiger partial charge in [-0.1, -0.05) is 67.4 Å². The summed E-state index contributed by atoms with van der Waals surface area (Å²) in [4.78, 5) is 16.2. The van der Waals surface area contributed by atoms with Crippen molar-refractivity contribution in [2.24, 2.45) is 5.41 Å². The molecule has 3 nitrogen and oxygen atoms in total. The van der Waals surface area contributed by atoms with E-state index >= 15 is 0 Å². The van der Waals surface area contributed by atoms with Crippen molar-refractivity contribution in [1.29, 1.82) is 0 Å². The van der Waals surface area contributed by atoms with Gasteiger partial charge in [-0.05, 0) is 74.4 Å². The number of nitrogens with zero attached hydrogens (tertiary/aromatic N) is 1. The fraction of sp³-hybridized carbons (Fsp3) is 0.464. The average molecular weight is 488 g/mol. The molecule has 1 fully saturated rings. The molecular formula is C28H35Cl2NO2. The van der Waals surface area contributed by atoms with Gasteiger partial charge in [0.2, 0.25) is 5.91 Å². The highest BCUT2D eigenvalue weighted by Crippen LogP contribution is 2.52. The van der Waals surface area contributed by atoms with Gasteiger partial charge < -0.3 is 10.0 Å². The standard InChI is InChI=1S/C28H35Cl2NO2/c1-5-16-28(4)18-25(21-8-7-9-23(30)17-21)26(20-11-13-22(29)14-12-20)31(27(28)33)24(6-2)15-10-19(3)32/h5,7-9,11-14,17,19,24-26,32H,1,6,10,15-16,18H2,2-4H3/t19?,24?,25-,26-,28+/m1/s1. The first-order chi connectivity index (χ1) is 15.7. The van der Waals surface area contributed by atoms with E-state index in [0.29, 0.717) is 29.3 Å². The van der Waals surface area contributed by atoms with Crippen LogP contribution in [0.3, 0.4) is 0 Å². The van der Waals surface area contributed by atoms with Crippen LogP contribution in [0.25, 0.3) is 0 Å². The van der Waals surface area contributed by atoms with Gasteiger partial charge >= 0.3 is 0 Å². The summed E-state index contributed by atoms with van der Waals surface area (Å²) in [6.07, 6.45) is 4.97. The molecule has 1 aliphatic rings. The Hall–Kier alpha value is -1.81. The molecule has 0 saturated carbocycles. The van der Waals surface area contributed by atoms with Gasteiger partial charge in [0.1, 0.15) is 0 Å². The molecule has 3 rings (SSSR count). The number of carbonyl (C=O) groups is 1. The Morgan fingerprint density at radius 3 is 2.42 bits per heavy atom. The van der Waals surface area contributed by atoms with E-state index in [2.05, 4.69) is 31.4 Å². The summed E-state index contributed by atoms with van der Waals surface area (Å²) >= 11 is 12.6. The number of aliphatic hydroxyl groups excluding tert-OH is 1. The van der Waals surface area contributed by atoms with Crippen molar-refractivity contribution in [3.8, 4) is 0 Å². The van der Waals surface area contributed by atoms with Gasteiger partial charge in [-0.3, -0.25) is 4.79 Å². The maximum absolute atomic E-state index is 14.1. The molecule has 1 saturated heterocycles. The predicted molar refractivity (Wildman–Crippen MR) is 138 cm³/mol. The summed E-state index contributed by atoms with van der Waals surface area (Å²) in [7, 11) is 0. The van der Waals surface area contributed by atoms with Crippen LogP contribution in [-0.2, 0) is 4.79 Å². The van der Waals surface area contributed by atoms with Gasteiger partial charge in [0.25, 0.3) is 0 Å². The normalized spacial score (nSPS) is 25.0. The summed E-state index contributed by atoms with van der Waals surface area (Å²) < 4.78 is 0. The number of aliphatic hydroxyl groups is 1. The van der Waals surface area contributed by atoms with Crippen LogP contribution < -0.4 is 0 Å². The van der Waals surface area contributed by atoms with Crippen LogP contribution in [0.4, 0.5) is 0 Å². The Kier molecular flexibility index (Phi) is 8.66. The molecule has 2 unspecified atom stereocenters. The molecule has 0 bridgehead atoms. The van der Waals surface area contributed by atoms with Crippen molar-refractivity contribution in [3.63, 3.8) is 0 Å². The number of likely N-dealkylation sites (tertiary alicyclic amines) is 1. The minimum absolute atomic E-state index is 0.0129. The average Bonchev–Trinajstić information content (AvgIpc) is 2.77. The Balaban J connectivity index is 2.19. The van der Waals surface area contributed by atoms with Gasteiger partial charge in [0, 0.05) is 22.0 Å². The maximum Gasteiger partial charge on any atom is 0.229 e. The second kappa shape index (κ2) is 11.1. The molecule has 1 N–H and O–H groups in total. The summed E-state index contributed by atoms with van der Waals surface area (Å²) in [5.41, 5.74) is 1.63. The van der Waals surface area contributed by atoms with Crippen molar-refractivity contribution in [3.05, 3.63) is 82.4 Å². The molecule has 1 aliphatic heterocycles. The molecule has 0 aliphatic carbocycles. The van der Waals surface area contributed by atoms with Crippen LogP contribution >= 0.6 is 23.2 Å². The zero-order chi connectivity index (χ0) is 24.2. The third-order valence-electron chi connectivity index (χ3n) is 6.97. The molecule has 5 atom stereocenters. The number of halogens is 2. The van der Waals surface area contributed by atoms with Crippen molar-refractivity contribution in [2.75, 3.05) is 0 Å². The Morgan fingerprint density at radius 2 is 1.85 bits per heavy atom. The molecule has 0 spiro atoms. The molecular weight excluding hydrogens is 453 g/mol.